The van der Waals surface area contributed by atoms with Crippen molar-refractivity contribution in [2.24, 2.45) is 0 Å². The van der Waals surface area contributed by atoms with Crippen molar-refractivity contribution in [1.82, 2.24) is 5.32 Å². The van der Waals surface area contributed by atoms with Gasteiger partial charge >= 0.3 is 0 Å². The van der Waals surface area contributed by atoms with E-state index < -0.39 is 10.8 Å². The SMILES string of the molecule is Cc1cc(CNC(=O)c2cc(Cl)ccc2[N+](=O)[O-])sc1C. The summed E-state index contributed by atoms with van der Waals surface area (Å²) in [4.78, 5) is 24.7. The third kappa shape index (κ3) is 3.59. The van der Waals surface area contributed by atoms with Crippen LogP contribution in [0, 0.1) is 24.0 Å². The molecule has 1 N–H and O–H groups in total. The van der Waals surface area contributed by atoms with Crippen LogP contribution in [-0.2, 0) is 6.54 Å². The molecule has 0 aliphatic rings. The van der Waals surface area contributed by atoms with Crippen molar-refractivity contribution >= 4 is 34.5 Å². The van der Waals surface area contributed by atoms with E-state index in [1.54, 1.807) is 11.3 Å². The maximum atomic E-state index is 12.1. The number of carbonyl (C=O) groups is 1. The molecule has 0 spiro atoms. The Bertz CT molecular complexity index is 693. The van der Waals surface area contributed by atoms with Gasteiger partial charge in [0.05, 0.1) is 11.5 Å². The first-order valence-electron chi connectivity index (χ1n) is 6.16. The Balaban J connectivity index is 2.16. The van der Waals surface area contributed by atoms with Crippen molar-refractivity contribution < 1.29 is 9.72 Å². The van der Waals surface area contributed by atoms with Crippen LogP contribution in [0.2, 0.25) is 5.02 Å². The Kier molecular flexibility index (Phi) is 4.59. The largest absolute Gasteiger partial charge is 0.347 e. The van der Waals surface area contributed by atoms with Crippen molar-refractivity contribution in [2.75, 3.05) is 0 Å². The number of thiophene rings is 1. The summed E-state index contributed by atoms with van der Waals surface area (Å²) in [7, 11) is 0. The van der Waals surface area contributed by atoms with Gasteiger partial charge in [-0.05, 0) is 37.6 Å². The van der Waals surface area contributed by atoms with E-state index in [1.807, 2.05) is 19.9 Å². The number of carbonyl (C=O) groups excluding carboxylic acids is 1. The standard InChI is InChI=1S/C14H13ClN2O3S/c1-8-5-11(21-9(8)2)7-16-14(18)12-6-10(15)3-4-13(12)17(19)20/h3-6H,7H2,1-2H3,(H,16,18). The van der Waals surface area contributed by atoms with Gasteiger partial charge in [0.25, 0.3) is 11.6 Å². The smallest absolute Gasteiger partial charge is 0.282 e. The Morgan fingerprint density at radius 3 is 2.67 bits per heavy atom. The highest BCUT2D eigenvalue weighted by atomic mass is 35.5. The van der Waals surface area contributed by atoms with Crippen molar-refractivity contribution in [3.05, 3.63) is 60.3 Å². The average Bonchev–Trinajstić information content (AvgIpc) is 2.74. The first-order valence-corrected chi connectivity index (χ1v) is 7.36. The number of benzene rings is 1. The van der Waals surface area contributed by atoms with Gasteiger partial charge in [0.1, 0.15) is 5.56 Å². The van der Waals surface area contributed by atoms with Crippen LogP contribution in [0.15, 0.2) is 24.3 Å². The predicted molar refractivity (Wildman–Crippen MR) is 83.1 cm³/mol. The van der Waals surface area contributed by atoms with E-state index in [-0.39, 0.29) is 16.3 Å². The molecule has 2 rings (SSSR count). The maximum absolute atomic E-state index is 12.1. The highest BCUT2D eigenvalue weighted by molar-refractivity contribution is 7.12. The van der Waals surface area contributed by atoms with E-state index in [4.69, 9.17) is 11.6 Å². The number of hydrogen-bond donors (Lipinski definition) is 1. The monoisotopic (exact) mass is 324 g/mol. The second-order valence-electron chi connectivity index (χ2n) is 4.55. The van der Waals surface area contributed by atoms with E-state index in [1.165, 1.54) is 23.1 Å². The fraction of sp³-hybridized carbons (Fsp3) is 0.214. The normalized spacial score (nSPS) is 10.4. The second-order valence-corrected chi connectivity index (χ2v) is 6.33. The molecular weight excluding hydrogens is 312 g/mol. The molecule has 0 bridgehead atoms. The molecule has 0 saturated heterocycles. The lowest BCUT2D eigenvalue weighted by Crippen LogP contribution is -2.23. The average molecular weight is 325 g/mol. The Labute approximate surface area is 130 Å². The quantitative estimate of drug-likeness (QED) is 0.685. The topological polar surface area (TPSA) is 72.2 Å². The molecule has 0 fully saturated rings. The molecule has 1 heterocycles. The molecule has 0 aliphatic heterocycles. The Morgan fingerprint density at radius 2 is 2.10 bits per heavy atom. The second kappa shape index (κ2) is 6.24. The molecule has 1 aromatic carbocycles. The number of nitro groups is 1. The van der Waals surface area contributed by atoms with Gasteiger partial charge in [-0.3, -0.25) is 14.9 Å². The minimum Gasteiger partial charge on any atom is -0.347 e. The van der Waals surface area contributed by atoms with Crippen LogP contribution >= 0.6 is 22.9 Å². The molecular formula is C14H13ClN2O3S. The summed E-state index contributed by atoms with van der Waals surface area (Å²) in [5.41, 5.74) is 0.880. The van der Waals surface area contributed by atoms with Gasteiger partial charge in [0.2, 0.25) is 0 Å². The number of amides is 1. The zero-order valence-corrected chi connectivity index (χ0v) is 13.0. The fourth-order valence-corrected chi connectivity index (χ4v) is 3.01. The minimum absolute atomic E-state index is 0.0301. The fourth-order valence-electron chi connectivity index (χ4n) is 1.85. The van der Waals surface area contributed by atoms with Crippen LogP contribution in [0.4, 0.5) is 5.69 Å². The summed E-state index contributed by atoms with van der Waals surface area (Å²) >= 11 is 7.40. The zero-order valence-electron chi connectivity index (χ0n) is 11.5. The molecule has 7 heteroatoms. The summed E-state index contributed by atoms with van der Waals surface area (Å²) in [5, 5.41) is 13.9. The van der Waals surface area contributed by atoms with Gasteiger partial charge in [-0.25, -0.2) is 0 Å². The van der Waals surface area contributed by atoms with Crippen LogP contribution in [0.1, 0.15) is 25.7 Å². The number of halogens is 1. The Morgan fingerprint density at radius 1 is 1.38 bits per heavy atom. The predicted octanol–water partition coefficient (Wildman–Crippen LogP) is 3.86. The van der Waals surface area contributed by atoms with E-state index in [9.17, 15) is 14.9 Å². The van der Waals surface area contributed by atoms with Crippen LogP contribution in [-0.4, -0.2) is 10.8 Å². The number of nitro benzene ring substituents is 1. The summed E-state index contributed by atoms with van der Waals surface area (Å²) in [6.45, 7) is 4.34. The van der Waals surface area contributed by atoms with Gasteiger partial charge < -0.3 is 5.32 Å². The molecule has 21 heavy (non-hydrogen) atoms. The molecule has 0 unspecified atom stereocenters. The third-order valence-electron chi connectivity index (χ3n) is 3.04. The molecule has 5 nitrogen and oxygen atoms in total. The molecule has 0 aliphatic carbocycles. The number of hydrogen-bond acceptors (Lipinski definition) is 4. The number of nitrogens with zero attached hydrogens (tertiary/aromatic N) is 1. The van der Waals surface area contributed by atoms with Crippen LogP contribution < -0.4 is 5.32 Å². The number of aryl methyl sites for hydroxylation is 2. The van der Waals surface area contributed by atoms with Crippen molar-refractivity contribution in [1.29, 1.82) is 0 Å². The van der Waals surface area contributed by atoms with Crippen LogP contribution in [0.25, 0.3) is 0 Å². The van der Waals surface area contributed by atoms with Crippen LogP contribution in [0.5, 0.6) is 0 Å². The summed E-state index contributed by atoms with van der Waals surface area (Å²) in [5.74, 6) is -0.507. The Hall–Kier alpha value is -1.92. The zero-order chi connectivity index (χ0) is 15.6. The highest BCUT2D eigenvalue weighted by Crippen LogP contribution is 2.23. The summed E-state index contributed by atoms with van der Waals surface area (Å²) < 4.78 is 0. The van der Waals surface area contributed by atoms with Gasteiger partial charge in [-0.2, -0.15) is 0 Å². The first kappa shape index (κ1) is 15.5. The maximum Gasteiger partial charge on any atom is 0.282 e. The lowest BCUT2D eigenvalue weighted by atomic mass is 10.1. The van der Waals surface area contributed by atoms with Gasteiger partial charge in [0.15, 0.2) is 0 Å². The lowest BCUT2D eigenvalue weighted by Gasteiger charge is -2.05. The number of nitrogens with one attached hydrogen (secondary N) is 1. The van der Waals surface area contributed by atoms with Crippen molar-refractivity contribution in [3.63, 3.8) is 0 Å². The van der Waals surface area contributed by atoms with E-state index in [2.05, 4.69) is 5.32 Å². The van der Waals surface area contributed by atoms with Crippen LogP contribution in [0.3, 0.4) is 0 Å². The van der Waals surface area contributed by atoms with E-state index in [0.29, 0.717) is 6.54 Å². The molecule has 1 amide bonds. The first-order chi connectivity index (χ1) is 9.88. The molecule has 0 atom stereocenters. The minimum atomic E-state index is -0.593. The van der Waals surface area contributed by atoms with E-state index >= 15 is 0 Å². The van der Waals surface area contributed by atoms with Crippen molar-refractivity contribution in [2.45, 2.75) is 20.4 Å². The molecule has 2 aromatic rings. The summed E-state index contributed by atoms with van der Waals surface area (Å²) in [6, 6.07) is 5.92. The van der Waals surface area contributed by atoms with Crippen molar-refractivity contribution in [3.8, 4) is 0 Å². The van der Waals surface area contributed by atoms with Gasteiger partial charge in [-0.15, -0.1) is 11.3 Å². The lowest BCUT2D eigenvalue weighted by molar-refractivity contribution is -0.385. The number of rotatable bonds is 4. The molecule has 110 valence electrons. The molecule has 0 saturated carbocycles. The highest BCUT2D eigenvalue weighted by Gasteiger charge is 2.20. The van der Waals surface area contributed by atoms with Gasteiger partial charge in [-0.1, -0.05) is 11.6 Å². The van der Waals surface area contributed by atoms with Gasteiger partial charge in [0, 0.05) is 20.8 Å². The van der Waals surface area contributed by atoms with E-state index in [0.717, 1.165) is 10.4 Å². The molecule has 0 radical (unpaired) electrons. The summed E-state index contributed by atoms with van der Waals surface area (Å²) in [6.07, 6.45) is 0. The molecule has 1 aromatic heterocycles. The third-order valence-corrected chi connectivity index (χ3v) is 4.43.